The van der Waals surface area contributed by atoms with Crippen LogP contribution in [0.4, 0.5) is 0 Å². The fourth-order valence-electron chi connectivity index (χ4n) is 3.29. The van der Waals surface area contributed by atoms with Gasteiger partial charge >= 0.3 is 0 Å². The van der Waals surface area contributed by atoms with Crippen molar-refractivity contribution >= 4 is 17.4 Å². The number of hydrogen-bond donors (Lipinski definition) is 0. The van der Waals surface area contributed by atoms with Crippen LogP contribution in [-0.2, 0) is 14.3 Å². The maximum absolute atomic E-state index is 12.7. The second-order valence-electron chi connectivity index (χ2n) is 6.23. The zero-order valence-corrected chi connectivity index (χ0v) is 13.3. The number of ether oxygens (including phenoxy) is 3. The van der Waals surface area contributed by atoms with Crippen LogP contribution >= 0.6 is 0 Å². The zero-order chi connectivity index (χ0) is 16.5. The van der Waals surface area contributed by atoms with Crippen molar-refractivity contribution in [2.24, 2.45) is 5.92 Å². The summed E-state index contributed by atoms with van der Waals surface area (Å²) < 4.78 is 16.4. The maximum atomic E-state index is 12.7. The van der Waals surface area contributed by atoms with E-state index in [0.717, 1.165) is 12.8 Å². The molecule has 126 valence electrons. The van der Waals surface area contributed by atoms with Crippen molar-refractivity contribution in [2.75, 3.05) is 33.0 Å². The molecule has 1 aromatic carbocycles. The van der Waals surface area contributed by atoms with Gasteiger partial charge in [0, 0.05) is 25.8 Å². The van der Waals surface area contributed by atoms with Crippen LogP contribution in [0.3, 0.4) is 0 Å². The number of carbonyl (C=O) groups is 2. The van der Waals surface area contributed by atoms with Crippen LogP contribution in [0, 0.1) is 5.92 Å². The minimum absolute atomic E-state index is 0.233. The van der Waals surface area contributed by atoms with Gasteiger partial charge < -0.3 is 14.2 Å². The number of hydrogen-bond acceptors (Lipinski definition) is 5. The Morgan fingerprint density at radius 1 is 1.00 bits per heavy atom. The van der Waals surface area contributed by atoms with Crippen molar-refractivity contribution in [3.05, 3.63) is 29.8 Å². The van der Waals surface area contributed by atoms with E-state index in [-0.39, 0.29) is 11.8 Å². The first-order chi connectivity index (χ1) is 11.7. The molecule has 1 fully saturated rings. The molecular formula is C18H19NO5. The van der Waals surface area contributed by atoms with Crippen LogP contribution in [0.2, 0.25) is 0 Å². The summed E-state index contributed by atoms with van der Waals surface area (Å²) >= 11 is 0. The van der Waals surface area contributed by atoms with Gasteiger partial charge in [0.1, 0.15) is 13.2 Å². The summed E-state index contributed by atoms with van der Waals surface area (Å²) in [4.78, 5) is 26.3. The van der Waals surface area contributed by atoms with Crippen LogP contribution in [0.15, 0.2) is 24.3 Å². The van der Waals surface area contributed by atoms with Gasteiger partial charge in [-0.25, -0.2) is 0 Å². The molecule has 0 radical (unpaired) electrons. The molecule has 6 heteroatoms. The average Bonchev–Trinajstić information content (AvgIpc) is 2.90. The molecule has 0 aromatic heterocycles. The Morgan fingerprint density at radius 2 is 1.75 bits per heavy atom. The molecule has 4 rings (SSSR count). The molecule has 0 saturated carbocycles. The van der Waals surface area contributed by atoms with Gasteiger partial charge in [-0.3, -0.25) is 14.5 Å². The maximum Gasteiger partial charge on any atom is 0.261 e. The normalized spacial score (nSPS) is 21.2. The summed E-state index contributed by atoms with van der Waals surface area (Å²) in [7, 11) is 0. The van der Waals surface area contributed by atoms with Crippen LogP contribution in [0.5, 0.6) is 11.5 Å². The highest BCUT2D eigenvalue weighted by molar-refractivity contribution is 6.33. The van der Waals surface area contributed by atoms with Gasteiger partial charge in [-0.1, -0.05) is 6.07 Å². The molecule has 3 aliphatic heterocycles. The molecule has 1 aromatic rings. The van der Waals surface area contributed by atoms with E-state index in [4.69, 9.17) is 14.2 Å². The first-order valence-electron chi connectivity index (χ1n) is 8.27. The van der Waals surface area contributed by atoms with E-state index in [2.05, 4.69) is 0 Å². The van der Waals surface area contributed by atoms with E-state index < -0.39 is 0 Å². The molecule has 24 heavy (non-hydrogen) atoms. The molecule has 0 unspecified atom stereocenters. The van der Waals surface area contributed by atoms with E-state index in [1.54, 1.807) is 18.2 Å². The number of benzene rings is 1. The lowest BCUT2D eigenvalue weighted by Gasteiger charge is -2.26. The Kier molecular flexibility index (Phi) is 3.98. The first-order valence-corrected chi connectivity index (χ1v) is 8.27. The Morgan fingerprint density at radius 3 is 2.54 bits per heavy atom. The SMILES string of the molecule is O=C1C=C(c2ccc3c(c2)OCCO3)C(=O)N1CC1CCOCC1. The Hall–Kier alpha value is -2.34. The average molecular weight is 329 g/mol. The third-order valence-corrected chi connectivity index (χ3v) is 4.64. The Balaban J connectivity index is 1.53. The topological polar surface area (TPSA) is 65.1 Å². The number of fused-ring (bicyclic) bond motifs is 1. The first kappa shape index (κ1) is 15.2. The van der Waals surface area contributed by atoms with E-state index in [1.807, 2.05) is 0 Å². The monoisotopic (exact) mass is 329 g/mol. The molecular weight excluding hydrogens is 310 g/mol. The fourth-order valence-corrected chi connectivity index (χ4v) is 3.29. The van der Waals surface area contributed by atoms with Gasteiger partial charge in [-0.15, -0.1) is 0 Å². The predicted molar refractivity (Wildman–Crippen MR) is 85.7 cm³/mol. The Labute approximate surface area is 140 Å². The van der Waals surface area contributed by atoms with Crippen LogP contribution in [0.25, 0.3) is 5.57 Å². The van der Waals surface area contributed by atoms with E-state index in [0.29, 0.717) is 61.5 Å². The lowest BCUT2D eigenvalue weighted by Crippen LogP contribution is -2.37. The summed E-state index contributed by atoms with van der Waals surface area (Å²) in [5.41, 5.74) is 1.11. The van der Waals surface area contributed by atoms with Crippen LogP contribution in [-0.4, -0.2) is 49.7 Å². The number of nitrogens with zero attached hydrogens (tertiary/aromatic N) is 1. The third-order valence-electron chi connectivity index (χ3n) is 4.64. The second-order valence-corrected chi connectivity index (χ2v) is 6.23. The molecule has 0 spiro atoms. The highest BCUT2D eigenvalue weighted by atomic mass is 16.6. The summed E-state index contributed by atoms with van der Waals surface area (Å²) in [6.45, 7) is 2.86. The van der Waals surface area contributed by atoms with Crippen LogP contribution < -0.4 is 9.47 Å². The highest BCUT2D eigenvalue weighted by Gasteiger charge is 2.34. The third kappa shape index (κ3) is 2.78. The van der Waals surface area contributed by atoms with Crippen molar-refractivity contribution in [1.82, 2.24) is 4.90 Å². The lowest BCUT2D eigenvalue weighted by atomic mass is 9.99. The van der Waals surface area contributed by atoms with Gasteiger partial charge in [0.2, 0.25) is 0 Å². The fraction of sp³-hybridized carbons (Fsp3) is 0.444. The van der Waals surface area contributed by atoms with Gasteiger partial charge in [0.15, 0.2) is 11.5 Å². The van der Waals surface area contributed by atoms with Crippen LogP contribution in [0.1, 0.15) is 18.4 Å². The molecule has 0 aliphatic carbocycles. The molecule has 2 amide bonds. The standard InChI is InChI=1S/C18H19NO5/c20-17-10-14(13-1-2-15-16(9-13)24-8-7-23-15)18(21)19(17)11-12-3-5-22-6-4-12/h1-2,9-10,12H,3-8,11H2. The smallest absolute Gasteiger partial charge is 0.261 e. The highest BCUT2D eigenvalue weighted by Crippen LogP contribution is 2.35. The summed E-state index contributed by atoms with van der Waals surface area (Å²) in [6, 6.07) is 5.34. The van der Waals surface area contributed by atoms with E-state index >= 15 is 0 Å². The molecule has 0 atom stereocenters. The molecule has 3 aliphatic rings. The van der Waals surface area contributed by atoms with Crippen molar-refractivity contribution in [1.29, 1.82) is 0 Å². The van der Waals surface area contributed by atoms with Crippen molar-refractivity contribution in [3.63, 3.8) is 0 Å². The molecule has 0 N–H and O–H groups in total. The van der Waals surface area contributed by atoms with Gasteiger partial charge in [-0.2, -0.15) is 0 Å². The Bertz CT molecular complexity index is 705. The lowest BCUT2D eigenvalue weighted by molar-refractivity contribution is -0.137. The van der Waals surface area contributed by atoms with Gasteiger partial charge in [0.25, 0.3) is 11.8 Å². The molecule has 6 nitrogen and oxygen atoms in total. The number of rotatable bonds is 3. The summed E-state index contributed by atoms with van der Waals surface area (Å²) in [6.07, 6.45) is 3.19. The van der Waals surface area contributed by atoms with Crippen molar-refractivity contribution in [2.45, 2.75) is 12.8 Å². The summed E-state index contributed by atoms with van der Waals surface area (Å²) in [5.74, 6) is 1.13. The number of carbonyl (C=O) groups excluding carboxylic acids is 2. The van der Waals surface area contributed by atoms with E-state index in [1.165, 1.54) is 11.0 Å². The molecule has 0 bridgehead atoms. The van der Waals surface area contributed by atoms with E-state index in [9.17, 15) is 9.59 Å². The number of amides is 2. The quantitative estimate of drug-likeness (QED) is 0.789. The second kappa shape index (κ2) is 6.28. The molecule has 1 saturated heterocycles. The number of imide groups is 1. The predicted octanol–water partition coefficient (Wildman–Crippen LogP) is 1.64. The van der Waals surface area contributed by atoms with Gasteiger partial charge in [0.05, 0.1) is 5.57 Å². The van der Waals surface area contributed by atoms with Crippen molar-refractivity contribution < 1.29 is 23.8 Å². The van der Waals surface area contributed by atoms with Crippen molar-refractivity contribution in [3.8, 4) is 11.5 Å². The molecule has 3 heterocycles. The summed E-state index contributed by atoms with van der Waals surface area (Å²) in [5, 5.41) is 0. The van der Waals surface area contributed by atoms with Gasteiger partial charge in [-0.05, 0) is 36.5 Å². The minimum atomic E-state index is -0.239. The largest absolute Gasteiger partial charge is 0.486 e. The zero-order valence-electron chi connectivity index (χ0n) is 13.3. The minimum Gasteiger partial charge on any atom is -0.486 e.